The fourth-order valence-corrected chi connectivity index (χ4v) is 5.78. The van der Waals surface area contributed by atoms with E-state index in [1.807, 2.05) is 42.2 Å². The zero-order valence-corrected chi connectivity index (χ0v) is 18.7. The minimum absolute atomic E-state index is 0.0474. The Bertz CT molecular complexity index is 1000. The highest BCUT2D eigenvalue weighted by Crippen LogP contribution is 2.44. The SMILES string of the molecule is Cc1cc([N+](=O)[O-])ccc1N=C1SC(c2ccccc2)C(=O)N1[C@H](C)C1CCCCC1. The number of non-ortho nitro benzene ring substituents is 1. The first-order valence-corrected chi connectivity index (χ1v) is 11.7. The quantitative estimate of drug-likeness (QED) is 0.414. The number of nitrogens with zero attached hydrogens (tertiary/aromatic N) is 3. The van der Waals surface area contributed by atoms with Crippen molar-refractivity contribution in [3.8, 4) is 0 Å². The van der Waals surface area contributed by atoms with E-state index in [1.165, 1.54) is 43.2 Å². The summed E-state index contributed by atoms with van der Waals surface area (Å²) >= 11 is 1.48. The van der Waals surface area contributed by atoms with Crippen LogP contribution in [-0.2, 0) is 4.79 Å². The lowest BCUT2D eigenvalue weighted by molar-refractivity contribution is -0.384. The summed E-state index contributed by atoms with van der Waals surface area (Å²) in [5, 5.41) is 11.5. The first kappa shape index (κ1) is 21.6. The van der Waals surface area contributed by atoms with E-state index in [0.717, 1.165) is 24.0 Å². The molecule has 1 amide bonds. The maximum absolute atomic E-state index is 13.6. The molecule has 0 radical (unpaired) electrons. The Morgan fingerprint density at radius 2 is 1.84 bits per heavy atom. The molecule has 162 valence electrons. The lowest BCUT2D eigenvalue weighted by Crippen LogP contribution is -2.43. The predicted octanol–water partition coefficient (Wildman–Crippen LogP) is 6.18. The van der Waals surface area contributed by atoms with E-state index >= 15 is 0 Å². The number of carbonyl (C=O) groups excluding carboxylic acids is 1. The van der Waals surface area contributed by atoms with Crippen LogP contribution in [0.3, 0.4) is 0 Å². The van der Waals surface area contributed by atoms with Crippen molar-refractivity contribution in [2.75, 3.05) is 0 Å². The van der Waals surface area contributed by atoms with Gasteiger partial charge in [0.05, 0.1) is 10.6 Å². The van der Waals surface area contributed by atoms with E-state index in [4.69, 9.17) is 4.99 Å². The number of amides is 1. The van der Waals surface area contributed by atoms with E-state index in [-0.39, 0.29) is 22.9 Å². The molecule has 1 unspecified atom stereocenters. The molecule has 31 heavy (non-hydrogen) atoms. The molecule has 6 nitrogen and oxygen atoms in total. The number of nitro groups is 1. The van der Waals surface area contributed by atoms with Gasteiger partial charge in [0.2, 0.25) is 5.91 Å². The summed E-state index contributed by atoms with van der Waals surface area (Å²) in [6, 6.07) is 14.6. The molecule has 0 N–H and O–H groups in total. The van der Waals surface area contributed by atoms with Gasteiger partial charge in [-0.15, -0.1) is 0 Å². The van der Waals surface area contributed by atoms with Crippen molar-refractivity contribution in [3.63, 3.8) is 0 Å². The Morgan fingerprint density at radius 3 is 2.48 bits per heavy atom. The summed E-state index contributed by atoms with van der Waals surface area (Å²) in [7, 11) is 0. The third-order valence-corrected chi connectivity index (χ3v) is 7.55. The molecule has 1 saturated heterocycles. The molecular weight excluding hydrogens is 410 g/mol. The van der Waals surface area contributed by atoms with E-state index in [2.05, 4.69) is 6.92 Å². The van der Waals surface area contributed by atoms with Gasteiger partial charge in [-0.25, -0.2) is 4.99 Å². The number of nitro benzene ring substituents is 1. The molecule has 4 rings (SSSR count). The zero-order chi connectivity index (χ0) is 22.0. The molecule has 2 aromatic rings. The summed E-state index contributed by atoms with van der Waals surface area (Å²) in [5.41, 5.74) is 2.41. The van der Waals surface area contributed by atoms with E-state index < -0.39 is 4.92 Å². The van der Waals surface area contributed by atoms with Crippen LogP contribution in [0.15, 0.2) is 53.5 Å². The van der Waals surface area contributed by atoms with Crippen molar-refractivity contribution >= 4 is 34.2 Å². The van der Waals surface area contributed by atoms with Crippen molar-refractivity contribution < 1.29 is 9.72 Å². The third-order valence-electron chi connectivity index (χ3n) is 6.34. The van der Waals surface area contributed by atoms with Gasteiger partial charge < -0.3 is 0 Å². The van der Waals surface area contributed by atoms with Crippen molar-refractivity contribution in [2.24, 2.45) is 10.9 Å². The van der Waals surface area contributed by atoms with Gasteiger partial charge in [-0.2, -0.15) is 0 Å². The van der Waals surface area contributed by atoms with Crippen molar-refractivity contribution in [3.05, 3.63) is 69.8 Å². The number of rotatable bonds is 5. The van der Waals surface area contributed by atoms with Crippen LogP contribution in [-0.4, -0.2) is 26.9 Å². The average molecular weight is 438 g/mol. The summed E-state index contributed by atoms with van der Waals surface area (Å²) in [4.78, 5) is 31.0. The third kappa shape index (κ3) is 4.51. The standard InChI is InChI=1S/C24H27N3O3S/c1-16-15-20(27(29)30)13-14-21(16)25-24-26(17(2)18-9-5-3-6-10-18)23(28)22(31-24)19-11-7-4-8-12-19/h4,7-8,11-15,17-18,22H,3,5-6,9-10H2,1-2H3/t17-,22?/m1/s1. The molecule has 2 aromatic carbocycles. The largest absolute Gasteiger partial charge is 0.287 e. The lowest BCUT2D eigenvalue weighted by atomic mass is 9.84. The maximum atomic E-state index is 13.6. The molecule has 2 aliphatic rings. The summed E-state index contributed by atoms with van der Waals surface area (Å²) in [6.07, 6.45) is 5.95. The van der Waals surface area contributed by atoms with Crippen LogP contribution in [0, 0.1) is 23.0 Å². The molecule has 2 fully saturated rings. The van der Waals surface area contributed by atoms with Gasteiger partial charge in [0.15, 0.2) is 5.17 Å². The first-order valence-electron chi connectivity index (χ1n) is 10.8. The van der Waals surface area contributed by atoms with Crippen LogP contribution >= 0.6 is 11.8 Å². The average Bonchev–Trinajstić information content (AvgIpc) is 3.11. The Kier molecular flexibility index (Phi) is 6.41. The van der Waals surface area contributed by atoms with Crippen LogP contribution in [0.5, 0.6) is 0 Å². The number of amidine groups is 1. The van der Waals surface area contributed by atoms with Gasteiger partial charge in [0, 0.05) is 18.2 Å². The minimum atomic E-state index is -0.402. The fourth-order valence-electron chi connectivity index (χ4n) is 4.54. The van der Waals surface area contributed by atoms with E-state index in [1.54, 1.807) is 6.07 Å². The highest BCUT2D eigenvalue weighted by atomic mass is 32.2. The monoisotopic (exact) mass is 437 g/mol. The summed E-state index contributed by atoms with van der Waals surface area (Å²) < 4.78 is 0. The number of benzene rings is 2. The normalized spacial score (nSPS) is 22.1. The van der Waals surface area contributed by atoms with Crippen LogP contribution < -0.4 is 0 Å². The zero-order valence-electron chi connectivity index (χ0n) is 17.9. The number of carbonyl (C=O) groups is 1. The number of aryl methyl sites for hydroxylation is 1. The van der Waals surface area contributed by atoms with Crippen LogP contribution in [0.1, 0.15) is 55.4 Å². The number of aliphatic imine (C=N–C) groups is 1. The summed E-state index contributed by atoms with van der Waals surface area (Å²) in [6.45, 7) is 3.96. The van der Waals surface area contributed by atoms with Gasteiger partial charge >= 0.3 is 0 Å². The Hall–Kier alpha value is -2.67. The van der Waals surface area contributed by atoms with E-state index in [9.17, 15) is 14.9 Å². The molecule has 0 aromatic heterocycles. The molecule has 1 heterocycles. The van der Waals surface area contributed by atoms with Gasteiger partial charge in [-0.1, -0.05) is 61.4 Å². The van der Waals surface area contributed by atoms with Gasteiger partial charge in [-0.3, -0.25) is 19.8 Å². The van der Waals surface area contributed by atoms with Crippen molar-refractivity contribution in [1.29, 1.82) is 0 Å². The van der Waals surface area contributed by atoms with Gasteiger partial charge in [0.1, 0.15) is 5.25 Å². The van der Waals surface area contributed by atoms with Crippen LogP contribution in [0.2, 0.25) is 0 Å². The maximum Gasteiger partial charge on any atom is 0.269 e. The molecule has 2 atom stereocenters. The smallest absolute Gasteiger partial charge is 0.269 e. The molecular formula is C24H27N3O3S. The molecule has 7 heteroatoms. The second-order valence-corrected chi connectivity index (χ2v) is 9.45. The Balaban J connectivity index is 1.71. The molecule has 1 aliphatic carbocycles. The summed E-state index contributed by atoms with van der Waals surface area (Å²) in [5.74, 6) is 0.545. The topological polar surface area (TPSA) is 75.8 Å². The lowest BCUT2D eigenvalue weighted by Gasteiger charge is -2.34. The fraction of sp³-hybridized carbons (Fsp3) is 0.417. The number of thioether (sulfide) groups is 1. The minimum Gasteiger partial charge on any atom is -0.287 e. The first-order chi connectivity index (χ1) is 15.0. The van der Waals surface area contributed by atoms with Gasteiger partial charge in [-0.05, 0) is 49.8 Å². The highest BCUT2D eigenvalue weighted by Gasteiger charge is 2.43. The molecule has 1 aliphatic heterocycles. The van der Waals surface area contributed by atoms with Crippen molar-refractivity contribution in [2.45, 2.75) is 57.2 Å². The molecule has 0 bridgehead atoms. The molecule has 0 spiro atoms. The number of hydrogen-bond donors (Lipinski definition) is 0. The van der Waals surface area contributed by atoms with Gasteiger partial charge in [0.25, 0.3) is 5.69 Å². The molecule has 1 saturated carbocycles. The second kappa shape index (κ2) is 9.22. The Morgan fingerprint density at radius 1 is 1.13 bits per heavy atom. The Labute approximate surface area is 186 Å². The number of hydrogen-bond acceptors (Lipinski definition) is 5. The van der Waals surface area contributed by atoms with E-state index in [0.29, 0.717) is 16.8 Å². The predicted molar refractivity (Wildman–Crippen MR) is 125 cm³/mol. The second-order valence-electron chi connectivity index (χ2n) is 8.38. The van der Waals surface area contributed by atoms with Crippen molar-refractivity contribution in [1.82, 2.24) is 4.90 Å². The van der Waals surface area contributed by atoms with Crippen LogP contribution in [0.25, 0.3) is 0 Å². The highest BCUT2D eigenvalue weighted by molar-refractivity contribution is 8.15. The van der Waals surface area contributed by atoms with Crippen LogP contribution in [0.4, 0.5) is 11.4 Å².